The number of aromatic nitrogens is 1. The average molecular weight is 297 g/mol. The lowest BCUT2D eigenvalue weighted by Crippen LogP contribution is -2.12. The first-order valence-corrected chi connectivity index (χ1v) is 6.34. The summed E-state index contributed by atoms with van der Waals surface area (Å²) < 4.78 is 45.5. The Hall–Kier alpha value is -2.24. The van der Waals surface area contributed by atoms with Crippen molar-refractivity contribution in [3.8, 4) is 11.3 Å². The molecule has 0 atom stereocenters. The van der Waals surface area contributed by atoms with E-state index in [0.29, 0.717) is 12.2 Å². The van der Waals surface area contributed by atoms with Crippen molar-refractivity contribution in [3.63, 3.8) is 0 Å². The van der Waals surface area contributed by atoms with Crippen LogP contribution in [0.2, 0.25) is 0 Å². The number of halogens is 3. The van der Waals surface area contributed by atoms with Gasteiger partial charge in [-0.25, -0.2) is 4.79 Å². The van der Waals surface area contributed by atoms with Crippen molar-refractivity contribution in [1.29, 1.82) is 0 Å². The number of benzene rings is 1. The van der Waals surface area contributed by atoms with Gasteiger partial charge in [0.05, 0.1) is 12.7 Å². The average Bonchev–Trinajstić information content (AvgIpc) is 2.89. The Morgan fingerprint density at radius 1 is 1.19 bits per heavy atom. The monoisotopic (exact) mass is 297 g/mol. The lowest BCUT2D eigenvalue weighted by Gasteiger charge is -2.15. The molecule has 1 heterocycles. The van der Waals surface area contributed by atoms with Gasteiger partial charge in [-0.05, 0) is 25.1 Å². The van der Waals surface area contributed by atoms with Gasteiger partial charge in [-0.2, -0.15) is 13.2 Å². The summed E-state index contributed by atoms with van der Waals surface area (Å²) >= 11 is 0. The van der Waals surface area contributed by atoms with Crippen LogP contribution in [0.25, 0.3) is 11.3 Å². The third-order valence-corrected chi connectivity index (χ3v) is 3.20. The van der Waals surface area contributed by atoms with Crippen molar-refractivity contribution in [1.82, 2.24) is 4.57 Å². The van der Waals surface area contributed by atoms with Gasteiger partial charge in [0, 0.05) is 17.8 Å². The number of hydrogen-bond donors (Lipinski definition) is 0. The number of ether oxygens (including phenoxy) is 1. The molecule has 0 bridgehead atoms. The molecule has 112 valence electrons. The molecule has 0 aliphatic rings. The van der Waals surface area contributed by atoms with E-state index in [0.717, 1.165) is 6.07 Å². The molecule has 2 rings (SSSR count). The van der Waals surface area contributed by atoms with E-state index in [9.17, 15) is 18.0 Å². The minimum atomic E-state index is -4.45. The summed E-state index contributed by atoms with van der Waals surface area (Å²) in [6.45, 7) is 2.12. The van der Waals surface area contributed by atoms with Crippen LogP contribution in [0.15, 0.2) is 36.4 Å². The highest BCUT2D eigenvalue weighted by atomic mass is 19.4. The molecule has 0 saturated carbocycles. The molecule has 6 heteroatoms. The molecule has 3 nitrogen and oxygen atoms in total. The van der Waals surface area contributed by atoms with Gasteiger partial charge in [0.15, 0.2) is 0 Å². The first-order valence-electron chi connectivity index (χ1n) is 6.34. The molecule has 1 aromatic carbocycles. The summed E-state index contributed by atoms with van der Waals surface area (Å²) in [7, 11) is 1.23. The van der Waals surface area contributed by atoms with E-state index in [4.69, 9.17) is 0 Å². The smallest absolute Gasteiger partial charge is 0.417 e. The molecule has 1 aromatic heterocycles. The van der Waals surface area contributed by atoms with E-state index in [-0.39, 0.29) is 11.3 Å². The maximum atomic E-state index is 13.1. The van der Waals surface area contributed by atoms with Gasteiger partial charge >= 0.3 is 12.1 Å². The van der Waals surface area contributed by atoms with Gasteiger partial charge in [0.25, 0.3) is 0 Å². The highest BCUT2D eigenvalue weighted by molar-refractivity contribution is 5.89. The summed E-state index contributed by atoms with van der Waals surface area (Å²) in [4.78, 5) is 11.7. The number of methoxy groups -OCH3 is 1. The van der Waals surface area contributed by atoms with Crippen LogP contribution in [-0.4, -0.2) is 17.6 Å². The molecule has 21 heavy (non-hydrogen) atoms. The number of esters is 1. The van der Waals surface area contributed by atoms with Gasteiger partial charge in [-0.3, -0.25) is 0 Å². The quantitative estimate of drug-likeness (QED) is 0.802. The molecule has 0 amide bonds. The summed E-state index contributed by atoms with van der Waals surface area (Å²) in [6, 6.07) is 8.27. The molecule has 2 aromatic rings. The van der Waals surface area contributed by atoms with Gasteiger partial charge in [0.2, 0.25) is 0 Å². The molecule has 0 aliphatic heterocycles. The molecular formula is C15H14F3NO2. The molecule has 0 spiro atoms. The summed E-state index contributed by atoms with van der Waals surface area (Å²) in [6.07, 6.45) is -4.45. The number of carbonyl (C=O) groups excluding carboxylic acids is 1. The largest absolute Gasteiger partial charge is 0.464 e. The van der Waals surface area contributed by atoms with E-state index < -0.39 is 17.7 Å². The predicted molar refractivity (Wildman–Crippen MR) is 71.9 cm³/mol. The predicted octanol–water partition coefficient (Wildman–Crippen LogP) is 3.98. The van der Waals surface area contributed by atoms with E-state index >= 15 is 0 Å². The van der Waals surface area contributed by atoms with E-state index in [1.165, 1.54) is 42.0 Å². The highest BCUT2D eigenvalue weighted by Gasteiger charge is 2.34. The number of rotatable bonds is 3. The molecule has 0 radical (unpaired) electrons. The zero-order chi connectivity index (χ0) is 15.6. The van der Waals surface area contributed by atoms with Crippen LogP contribution >= 0.6 is 0 Å². The molecule has 0 unspecified atom stereocenters. The molecule has 0 saturated heterocycles. The van der Waals surface area contributed by atoms with Crippen molar-refractivity contribution >= 4 is 5.97 Å². The number of hydrogen-bond acceptors (Lipinski definition) is 2. The van der Waals surface area contributed by atoms with Crippen LogP contribution in [0, 0.1) is 0 Å². The summed E-state index contributed by atoms with van der Waals surface area (Å²) in [5, 5.41) is 0. The van der Waals surface area contributed by atoms with Gasteiger partial charge < -0.3 is 9.30 Å². The lowest BCUT2D eigenvalue weighted by atomic mass is 10.0. The number of carbonyl (C=O) groups is 1. The van der Waals surface area contributed by atoms with Crippen LogP contribution in [0.5, 0.6) is 0 Å². The Morgan fingerprint density at radius 2 is 1.86 bits per heavy atom. The fraction of sp³-hybridized carbons (Fsp3) is 0.267. The van der Waals surface area contributed by atoms with Crippen molar-refractivity contribution in [3.05, 3.63) is 47.7 Å². The van der Waals surface area contributed by atoms with Crippen molar-refractivity contribution in [2.45, 2.75) is 19.6 Å². The van der Waals surface area contributed by atoms with Crippen LogP contribution in [0.3, 0.4) is 0 Å². The Labute approximate surface area is 120 Å². The fourth-order valence-electron chi connectivity index (χ4n) is 2.28. The maximum Gasteiger partial charge on any atom is 0.417 e. The van der Waals surface area contributed by atoms with Crippen LogP contribution < -0.4 is 0 Å². The second-order valence-electron chi connectivity index (χ2n) is 4.38. The lowest BCUT2D eigenvalue weighted by molar-refractivity contribution is -0.137. The van der Waals surface area contributed by atoms with Crippen LogP contribution in [-0.2, 0) is 17.5 Å². The highest BCUT2D eigenvalue weighted by Crippen LogP contribution is 2.37. The van der Waals surface area contributed by atoms with Gasteiger partial charge in [-0.15, -0.1) is 0 Å². The van der Waals surface area contributed by atoms with E-state index in [1.807, 2.05) is 0 Å². The molecular weight excluding hydrogens is 283 g/mol. The Morgan fingerprint density at radius 3 is 2.43 bits per heavy atom. The molecule has 0 aliphatic carbocycles. The van der Waals surface area contributed by atoms with Crippen molar-refractivity contribution in [2.75, 3.05) is 7.11 Å². The number of alkyl halides is 3. The molecule has 0 N–H and O–H groups in total. The zero-order valence-corrected chi connectivity index (χ0v) is 11.6. The second-order valence-corrected chi connectivity index (χ2v) is 4.38. The van der Waals surface area contributed by atoms with Crippen molar-refractivity contribution < 1.29 is 22.7 Å². The van der Waals surface area contributed by atoms with Gasteiger partial charge in [-0.1, -0.05) is 18.2 Å². The minimum Gasteiger partial charge on any atom is -0.464 e. The fourth-order valence-corrected chi connectivity index (χ4v) is 2.28. The maximum absolute atomic E-state index is 13.1. The Kier molecular flexibility index (Phi) is 4.06. The summed E-state index contributed by atoms with van der Waals surface area (Å²) in [5.74, 6) is -0.576. The zero-order valence-electron chi connectivity index (χ0n) is 11.6. The van der Waals surface area contributed by atoms with Gasteiger partial charge in [0.1, 0.15) is 5.69 Å². The van der Waals surface area contributed by atoms with Crippen LogP contribution in [0.4, 0.5) is 13.2 Å². The summed E-state index contributed by atoms with van der Waals surface area (Å²) in [5.41, 5.74) is -0.117. The minimum absolute atomic E-state index is 0.0435. The van der Waals surface area contributed by atoms with Crippen LogP contribution in [0.1, 0.15) is 23.0 Å². The third-order valence-electron chi connectivity index (χ3n) is 3.20. The second kappa shape index (κ2) is 5.63. The van der Waals surface area contributed by atoms with Crippen molar-refractivity contribution in [2.24, 2.45) is 0 Å². The first kappa shape index (κ1) is 15.2. The Balaban J connectivity index is 2.64. The first-order chi connectivity index (χ1) is 9.90. The molecule has 0 fully saturated rings. The van der Waals surface area contributed by atoms with E-state index in [1.54, 1.807) is 6.92 Å². The number of nitrogens with zero attached hydrogens (tertiary/aromatic N) is 1. The Bertz CT molecular complexity index is 659. The normalized spacial score (nSPS) is 11.5. The third kappa shape index (κ3) is 2.79. The van der Waals surface area contributed by atoms with E-state index in [2.05, 4.69) is 4.74 Å². The topological polar surface area (TPSA) is 31.2 Å². The standard InChI is InChI=1S/C15H14F3NO2/c1-3-19-12(8-9-13(19)14(20)21-2)10-6-4-5-7-11(10)15(16,17)18/h4-9H,3H2,1-2H3. The SMILES string of the molecule is CCn1c(C(=O)OC)ccc1-c1ccccc1C(F)(F)F.